The molecule has 1 saturated heterocycles. The molecule has 0 atom stereocenters. The number of esters is 1. The zero-order valence-electron chi connectivity index (χ0n) is 23.3. The number of aryl methyl sites for hydroxylation is 1. The first-order valence-corrected chi connectivity index (χ1v) is 15.0. The molecule has 0 aliphatic carbocycles. The molecule has 10 nitrogen and oxygen atoms in total. The average molecular weight is 647 g/mol. The molecule has 0 saturated carbocycles. The van der Waals surface area contributed by atoms with Crippen molar-refractivity contribution in [2.45, 2.75) is 39.8 Å². The first kappa shape index (κ1) is 30.8. The number of benzene rings is 2. The van der Waals surface area contributed by atoms with Crippen LogP contribution in [0.25, 0.3) is 10.9 Å². The molecule has 1 amide bonds. The smallest absolute Gasteiger partial charge is 0.340 e. The lowest BCUT2D eigenvalue weighted by Crippen LogP contribution is -2.45. The summed E-state index contributed by atoms with van der Waals surface area (Å²) in [6.45, 7) is 8.24. The molecular weight excluding hydrogens is 610 g/mol. The second kappa shape index (κ2) is 15.2. The van der Waals surface area contributed by atoms with Crippen LogP contribution in [0.1, 0.15) is 42.7 Å². The molecule has 1 aliphatic heterocycles. The summed E-state index contributed by atoms with van der Waals surface area (Å²) >= 11 is 8.84. The van der Waals surface area contributed by atoms with Crippen LogP contribution in [-0.4, -0.2) is 66.0 Å². The number of anilines is 1. The molecule has 0 bridgehead atoms. The number of halogens is 1. The Morgan fingerprint density at radius 2 is 1.85 bits per heavy atom. The number of hydrogen-bond donors (Lipinski definition) is 3. The van der Waals surface area contributed by atoms with E-state index in [-0.39, 0.29) is 24.3 Å². The summed E-state index contributed by atoms with van der Waals surface area (Å²) < 4.78 is 19.8. The van der Waals surface area contributed by atoms with Crippen LogP contribution in [0, 0.1) is 0 Å². The number of morpholine rings is 1. The Bertz CT molecular complexity index is 1360. The third-order valence-electron chi connectivity index (χ3n) is 6.62. The Balaban J connectivity index is 1.55. The van der Waals surface area contributed by atoms with Crippen LogP contribution < -0.4 is 20.9 Å². The normalized spacial score (nSPS) is 13.5. The van der Waals surface area contributed by atoms with Crippen molar-refractivity contribution in [3.05, 3.63) is 58.2 Å². The van der Waals surface area contributed by atoms with E-state index < -0.39 is 5.91 Å². The molecule has 2 heterocycles. The number of hydrogen-bond acceptors (Lipinski definition) is 7. The Kier molecular flexibility index (Phi) is 11.4. The van der Waals surface area contributed by atoms with Crippen molar-refractivity contribution in [1.82, 2.24) is 20.3 Å². The third kappa shape index (κ3) is 8.19. The molecule has 41 heavy (non-hydrogen) atoms. The number of fused-ring (bicyclic) bond motifs is 1. The Labute approximate surface area is 253 Å². The number of carbonyl (C=O) groups is 2. The number of ether oxygens (including phenoxy) is 3. The number of unbranched alkanes of at least 4 members (excludes halogenated alkanes) is 1. The maximum atomic E-state index is 13.3. The highest BCUT2D eigenvalue weighted by atomic mass is 79.9. The van der Waals surface area contributed by atoms with Gasteiger partial charge in [0.15, 0.2) is 11.7 Å². The van der Waals surface area contributed by atoms with Gasteiger partial charge in [0.1, 0.15) is 5.75 Å². The molecule has 2 aromatic carbocycles. The summed E-state index contributed by atoms with van der Waals surface area (Å²) in [4.78, 5) is 28.1. The van der Waals surface area contributed by atoms with Gasteiger partial charge in [0.05, 0.1) is 35.4 Å². The number of amides is 1. The van der Waals surface area contributed by atoms with Crippen molar-refractivity contribution < 1.29 is 23.8 Å². The predicted molar refractivity (Wildman–Crippen MR) is 166 cm³/mol. The summed E-state index contributed by atoms with van der Waals surface area (Å²) in [7, 11) is 0. The van der Waals surface area contributed by atoms with Crippen LogP contribution in [0.2, 0.25) is 0 Å². The maximum absolute atomic E-state index is 13.3. The molecule has 0 radical (unpaired) electrons. The van der Waals surface area contributed by atoms with E-state index in [2.05, 4.69) is 48.5 Å². The number of carbonyl (C=O) groups excluding carboxylic acids is 2. The molecule has 1 aromatic heterocycles. The van der Waals surface area contributed by atoms with Gasteiger partial charge in [0.25, 0.3) is 5.91 Å². The van der Waals surface area contributed by atoms with Crippen molar-refractivity contribution >= 4 is 61.7 Å². The SMILES string of the molecule is CCCCn1c(CN2CCOCC2)c(C(=O)OCC)c2cc(OCC(=O)NNC(=S)Nc3ccccc3)c(Br)cc21. The van der Waals surface area contributed by atoms with Crippen LogP contribution in [0.4, 0.5) is 5.69 Å². The lowest BCUT2D eigenvalue weighted by atomic mass is 10.1. The second-order valence-corrected chi connectivity index (χ2v) is 10.8. The van der Waals surface area contributed by atoms with Crippen molar-refractivity contribution in [3.8, 4) is 5.75 Å². The zero-order chi connectivity index (χ0) is 29.2. The minimum absolute atomic E-state index is 0.243. The highest BCUT2D eigenvalue weighted by molar-refractivity contribution is 9.10. The molecule has 12 heteroatoms. The number of nitrogens with zero attached hydrogens (tertiary/aromatic N) is 2. The van der Waals surface area contributed by atoms with Gasteiger partial charge in [0.2, 0.25) is 0 Å². The van der Waals surface area contributed by atoms with Crippen molar-refractivity contribution in [1.29, 1.82) is 0 Å². The van der Waals surface area contributed by atoms with E-state index in [4.69, 9.17) is 26.4 Å². The molecular formula is C29H36BrN5O5S. The topological polar surface area (TPSA) is 106 Å². The fourth-order valence-corrected chi connectivity index (χ4v) is 5.26. The van der Waals surface area contributed by atoms with E-state index in [1.807, 2.05) is 36.4 Å². The van der Waals surface area contributed by atoms with Crippen LogP contribution in [0.15, 0.2) is 46.9 Å². The molecule has 1 fully saturated rings. The highest BCUT2D eigenvalue weighted by Crippen LogP contribution is 2.36. The average Bonchev–Trinajstić information content (AvgIpc) is 3.26. The fourth-order valence-electron chi connectivity index (χ4n) is 4.64. The van der Waals surface area contributed by atoms with Crippen LogP contribution >= 0.6 is 28.1 Å². The third-order valence-corrected chi connectivity index (χ3v) is 7.45. The zero-order valence-corrected chi connectivity index (χ0v) is 25.7. The van der Waals surface area contributed by atoms with Gasteiger partial charge in [-0.2, -0.15) is 0 Å². The quantitative estimate of drug-likeness (QED) is 0.157. The van der Waals surface area contributed by atoms with Gasteiger partial charge in [-0.15, -0.1) is 0 Å². The number of hydrazine groups is 1. The summed E-state index contributed by atoms with van der Waals surface area (Å²) in [5.74, 6) is -0.354. The van der Waals surface area contributed by atoms with Crippen LogP contribution in [-0.2, 0) is 27.4 Å². The highest BCUT2D eigenvalue weighted by Gasteiger charge is 2.27. The van der Waals surface area contributed by atoms with Gasteiger partial charge in [-0.1, -0.05) is 31.5 Å². The minimum Gasteiger partial charge on any atom is -0.482 e. The van der Waals surface area contributed by atoms with Gasteiger partial charge >= 0.3 is 5.97 Å². The van der Waals surface area contributed by atoms with E-state index in [1.54, 1.807) is 13.0 Å². The molecule has 0 spiro atoms. The van der Waals surface area contributed by atoms with E-state index in [0.717, 1.165) is 54.8 Å². The molecule has 0 unspecified atom stereocenters. The minimum atomic E-state index is -0.423. The summed E-state index contributed by atoms with van der Waals surface area (Å²) in [6, 6.07) is 13.1. The molecule has 4 rings (SSSR count). The van der Waals surface area contributed by atoms with Crippen molar-refractivity contribution in [2.75, 3.05) is 44.8 Å². The number of rotatable bonds is 11. The Morgan fingerprint density at radius 3 is 2.56 bits per heavy atom. The first-order valence-electron chi connectivity index (χ1n) is 13.8. The van der Waals surface area contributed by atoms with Crippen LogP contribution in [0.5, 0.6) is 5.75 Å². The number of thiocarbonyl (C=S) groups is 1. The molecule has 3 aromatic rings. The molecule has 3 N–H and O–H groups in total. The van der Waals surface area contributed by atoms with Gasteiger partial charge in [0, 0.05) is 42.9 Å². The number of para-hydroxylation sites is 1. The monoisotopic (exact) mass is 645 g/mol. The summed E-state index contributed by atoms with van der Waals surface area (Å²) in [5.41, 5.74) is 8.35. The Morgan fingerprint density at radius 1 is 1.10 bits per heavy atom. The van der Waals surface area contributed by atoms with Crippen molar-refractivity contribution in [2.24, 2.45) is 0 Å². The van der Waals surface area contributed by atoms with E-state index in [0.29, 0.717) is 35.5 Å². The van der Waals surface area contributed by atoms with Crippen LogP contribution in [0.3, 0.4) is 0 Å². The Hall–Kier alpha value is -3.19. The lowest BCUT2D eigenvalue weighted by molar-refractivity contribution is -0.123. The first-order chi connectivity index (χ1) is 19.9. The van der Waals surface area contributed by atoms with Gasteiger partial charge < -0.3 is 24.1 Å². The molecule has 220 valence electrons. The maximum Gasteiger partial charge on any atom is 0.340 e. The van der Waals surface area contributed by atoms with Gasteiger partial charge in [-0.05, 0) is 65.8 Å². The van der Waals surface area contributed by atoms with Gasteiger partial charge in [-0.3, -0.25) is 20.5 Å². The summed E-state index contributed by atoms with van der Waals surface area (Å²) in [6.07, 6.45) is 1.98. The summed E-state index contributed by atoms with van der Waals surface area (Å²) in [5, 5.41) is 3.95. The largest absolute Gasteiger partial charge is 0.482 e. The number of aromatic nitrogens is 1. The van der Waals surface area contributed by atoms with E-state index in [1.165, 1.54) is 0 Å². The van der Waals surface area contributed by atoms with E-state index in [9.17, 15) is 9.59 Å². The standard InChI is InChI=1S/C29H36BrN5O5S/c1-3-5-11-35-23-17-22(30)25(40-19-26(36)32-33-29(41)31-20-9-7-6-8-10-20)16-21(23)27(28(37)39-4-2)24(35)18-34-12-14-38-15-13-34/h6-10,16-17H,3-5,11-15,18-19H2,1-2H3,(H,32,36)(H2,31,33,41). The number of nitrogens with one attached hydrogen (secondary N) is 3. The van der Waals surface area contributed by atoms with Crippen molar-refractivity contribution in [3.63, 3.8) is 0 Å². The van der Waals surface area contributed by atoms with E-state index >= 15 is 0 Å². The lowest BCUT2D eigenvalue weighted by Gasteiger charge is -2.27. The second-order valence-electron chi connectivity index (χ2n) is 9.52. The predicted octanol–water partition coefficient (Wildman–Crippen LogP) is 4.61. The van der Waals surface area contributed by atoms with Gasteiger partial charge in [-0.25, -0.2) is 4.79 Å². The fraction of sp³-hybridized carbons (Fsp3) is 0.414. The molecule has 1 aliphatic rings.